The van der Waals surface area contributed by atoms with E-state index in [9.17, 15) is 10.2 Å². The number of allylic oxidation sites excluding steroid dienone is 2. The molecule has 3 fully saturated rings. The molecular weight excluding hydrogens is 356 g/mol. The van der Waals surface area contributed by atoms with Crippen molar-refractivity contribution in [3.63, 3.8) is 0 Å². The van der Waals surface area contributed by atoms with E-state index in [4.69, 9.17) is 0 Å². The van der Waals surface area contributed by atoms with Crippen molar-refractivity contribution in [1.82, 2.24) is 0 Å². The fourth-order valence-electron chi connectivity index (χ4n) is 8.46. The van der Waals surface area contributed by atoms with Crippen molar-refractivity contribution in [1.29, 1.82) is 0 Å². The summed E-state index contributed by atoms with van der Waals surface area (Å²) in [4.78, 5) is 0. The van der Waals surface area contributed by atoms with Gasteiger partial charge in [-0.2, -0.15) is 0 Å². The molecule has 0 aliphatic heterocycles. The third-order valence-electron chi connectivity index (χ3n) is 10.3. The highest BCUT2D eigenvalue weighted by Crippen LogP contribution is 2.66. The summed E-state index contributed by atoms with van der Waals surface area (Å²) in [6, 6.07) is 0. The lowest BCUT2D eigenvalue weighted by atomic mass is 9.47. The molecule has 0 aromatic heterocycles. The number of aliphatic hydroxyl groups excluding tert-OH is 1. The molecule has 0 bridgehead atoms. The molecule has 0 radical (unpaired) electrons. The molecule has 166 valence electrons. The first-order valence-corrected chi connectivity index (χ1v) is 12.7. The lowest BCUT2D eigenvalue weighted by molar-refractivity contribution is -0.175. The highest BCUT2D eigenvalue weighted by molar-refractivity contribution is 5.36. The average molecular weight is 403 g/mol. The van der Waals surface area contributed by atoms with Crippen LogP contribution < -0.4 is 0 Å². The Kier molecular flexibility index (Phi) is 5.78. The van der Waals surface area contributed by atoms with Gasteiger partial charge in [0.1, 0.15) is 0 Å². The number of hydrogen-bond acceptors (Lipinski definition) is 2. The third-order valence-corrected chi connectivity index (χ3v) is 10.3. The molecule has 4 aliphatic carbocycles. The van der Waals surface area contributed by atoms with Gasteiger partial charge < -0.3 is 10.2 Å². The van der Waals surface area contributed by atoms with Crippen molar-refractivity contribution in [2.75, 3.05) is 0 Å². The Balaban J connectivity index is 1.57. The second-order valence-electron chi connectivity index (χ2n) is 12.3. The Morgan fingerprint density at radius 1 is 0.966 bits per heavy atom. The van der Waals surface area contributed by atoms with Crippen LogP contribution in [0.1, 0.15) is 112 Å². The Morgan fingerprint density at radius 3 is 2.45 bits per heavy atom. The molecule has 2 nitrogen and oxygen atoms in total. The zero-order valence-electron chi connectivity index (χ0n) is 19.8. The summed E-state index contributed by atoms with van der Waals surface area (Å²) in [5.41, 5.74) is 3.27. The van der Waals surface area contributed by atoms with Gasteiger partial charge in [-0.25, -0.2) is 0 Å². The largest absolute Gasteiger partial charge is 0.393 e. The fourth-order valence-corrected chi connectivity index (χ4v) is 8.46. The molecule has 0 saturated heterocycles. The SMILES string of the molecule is CC(C)CCC[C@@H](C)[C@H]1CCC2=C3CC[C@@]4(O)C[C@@H](O)CC[C@]4(C)[C@H]3CC[C@@]21C. The zero-order valence-corrected chi connectivity index (χ0v) is 19.8. The van der Waals surface area contributed by atoms with Gasteiger partial charge in [-0.3, -0.25) is 0 Å². The number of rotatable bonds is 5. The second-order valence-corrected chi connectivity index (χ2v) is 12.3. The summed E-state index contributed by atoms with van der Waals surface area (Å²) in [7, 11) is 0. The summed E-state index contributed by atoms with van der Waals surface area (Å²) in [5.74, 6) is 3.05. The summed E-state index contributed by atoms with van der Waals surface area (Å²) in [6.45, 7) is 12.2. The van der Waals surface area contributed by atoms with Gasteiger partial charge in [-0.1, -0.05) is 65.0 Å². The first-order valence-electron chi connectivity index (χ1n) is 12.7. The highest BCUT2D eigenvalue weighted by atomic mass is 16.3. The predicted octanol–water partition coefficient (Wildman–Crippen LogP) is 6.65. The minimum absolute atomic E-state index is 0.0326. The van der Waals surface area contributed by atoms with Crippen LogP contribution >= 0.6 is 0 Å². The number of hydrogen-bond donors (Lipinski definition) is 2. The molecule has 3 saturated carbocycles. The van der Waals surface area contributed by atoms with Crippen LogP contribution in [0, 0.1) is 34.5 Å². The molecule has 0 aromatic carbocycles. The van der Waals surface area contributed by atoms with Gasteiger partial charge >= 0.3 is 0 Å². The van der Waals surface area contributed by atoms with E-state index in [1.165, 1.54) is 44.9 Å². The maximum atomic E-state index is 11.6. The Hall–Kier alpha value is -0.340. The van der Waals surface area contributed by atoms with Crippen molar-refractivity contribution >= 4 is 0 Å². The van der Waals surface area contributed by atoms with E-state index in [1.807, 2.05) is 5.57 Å². The quantitative estimate of drug-likeness (QED) is 0.506. The van der Waals surface area contributed by atoms with Crippen molar-refractivity contribution in [2.45, 2.75) is 123 Å². The lowest BCUT2D eigenvalue weighted by Gasteiger charge is -2.60. The summed E-state index contributed by atoms with van der Waals surface area (Å²) >= 11 is 0. The lowest BCUT2D eigenvalue weighted by Crippen LogP contribution is -2.59. The maximum absolute atomic E-state index is 11.6. The van der Waals surface area contributed by atoms with Crippen molar-refractivity contribution in [3.05, 3.63) is 11.1 Å². The molecular formula is C27H46O2. The molecule has 29 heavy (non-hydrogen) atoms. The van der Waals surface area contributed by atoms with Crippen LogP contribution in [0.4, 0.5) is 0 Å². The average Bonchev–Trinajstić information content (AvgIpc) is 2.99. The maximum Gasteiger partial charge on any atom is 0.0734 e. The molecule has 7 atom stereocenters. The monoisotopic (exact) mass is 402 g/mol. The van der Waals surface area contributed by atoms with Crippen LogP contribution in [0.15, 0.2) is 11.1 Å². The smallest absolute Gasteiger partial charge is 0.0734 e. The van der Waals surface area contributed by atoms with E-state index in [0.29, 0.717) is 17.8 Å². The molecule has 4 rings (SSSR count). The molecule has 4 aliphatic rings. The molecule has 2 N–H and O–H groups in total. The molecule has 0 spiro atoms. The topological polar surface area (TPSA) is 40.5 Å². The minimum atomic E-state index is -0.657. The fraction of sp³-hybridized carbons (Fsp3) is 0.926. The van der Waals surface area contributed by atoms with E-state index in [2.05, 4.69) is 34.6 Å². The molecule has 0 amide bonds. The van der Waals surface area contributed by atoms with Gasteiger partial charge in [0.2, 0.25) is 0 Å². The molecule has 0 aromatic rings. The summed E-state index contributed by atoms with van der Waals surface area (Å²) < 4.78 is 0. The summed E-state index contributed by atoms with van der Waals surface area (Å²) in [5, 5.41) is 21.8. The first kappa shape index (κ1) is 21.9. The van der Waals surface area contributed by atoms with E-state index < -0.39 is 5.60 Å². The van der Waals surface area contributed by atoms with Crippen LogP contribution in [-0.2, 0) is 0 Å². The van der Waals surface area contributed by atoms with Crippen LogP contribution in [0.3, 0.4) is 0 Å². The van der Waals surface area contributed by atoms with E-state index in [-0.39, 0.29) is 11.5 Å². The normalized spacial score (nSPS) is 45.7. The van der Waals surface area contributed by atoms with Crippen LogP contribution in [0.2, 0.25) is 0 Å². The summed E-state index contributed by atoms with van der Waals surface area (Å²) in [6.07, 6.45) is 13.5. The van der Waals surface area contributed by atoms with Gasteiger partial charge in [0.05, 0.1) is 11.7 Å². The molecule has 0 unspecified atom stereocenters. The minimum Gasteiger partial charge on any atom is -0.393 e. The van der Waals surface area contributed by atoms with Crippen molar-refractivity contribution < 1.29 is 10.2 Å². The van der Waals surface area contributed by atoms with E-state index in [1.54, 1.807) is 5.57 Å². The third kappa shape index (κ3) is 3.45. The Labute approximate surface area is 179 Å². The van der Waals surface area contributed by atoms with Gasteiger partial charge in [-0.05, 0) is 80.5 Å². The van der Waals surface area contributed by atoms with E-state index in [0.717, 1.165) is 43.4 Å². The number of aliphatic hydroxyl groups is 2. The van der Waals surface area contributed by atoms with E-state index >= 15 is 0 Å². The zero-order chi connectivity index (χ0) is 21.0. The Morgan fingerprint density at radius 2 is 1.72 bits per heavy atom. The van der Waals surface area contributed by atoms with Gasteiger partial charge in [0.15, 0.2) is 0 Å². The van der Waals surface area contributed by atoms with Gasteiger partial charge in [0.25, 0.3) is 0 Å². The molecule has 2 heteroatoms. The second kappa shape index (κ2) is 7.66. The van der Waals surface area contributed by atoms with Crippen LogP contribution in [0.25, 0.3) is 0 Å². The van der Waals surface area contributed by atoms with Gasteiger partial charge in [0, 0.05) is 11.8 Å². The van der Waals surface area contributed by atoms with Gasteiger partial charge in [-0.15, -0.1) is 0 Å². The van der Waals surface area contributed by atoms with Crippen molar-refractivity contribution in [3.8, 4) is 0 Å². The number of fused-ring (bicyclic) bond motifs is 4. The van der Waals surface area contributed by atoms with Crippen molar-refractivity contribution in [2.24, 2.45) is 34.5 Å². The standard InChI is InChI=1S/C27H46O2/c1-18(2)7-6-8-19(3)22-9-10-23-21-12-16-27(29)17-20(28)11-15-26(27,5)24(21)13-14-25(22,23)4/h18-20,22,24,28-29H,6-17H2,1-5H3/t19-,20+,22-,24+,25-,26-,27-/m1/s1. The molecule has 0 heterocycles. The van der Waals surface area contributed by atoms with Crippen LogP contribution in [-0.4, -0.2) is 21.9 Å². The Bertz CT molecular complexity index is 651. The first-order chi connectivity index (χ1) is 13.6. The highest BCUT2D eigenvalue weighted by Gasteiger charge is 2.61. The van der Waals surface area contributed by atoms with Crippen LogP contribution in [0.5, 0.6) is 0 Å². The predicted molar refractivity (Wildman–Crippen MR) is 121 cm³/mol.